The molecule has 2 N–H and O–H groups in total. The van der Waals surface area contributed by atoms with E-state index >= 15 is 0 Å². The van der Waals surface area contributed by atoms with Gasteiger partial charge >= 0.3 is 0 Å². The molecule has 0 saturated heterocycles. The van der Waals surface area contributed by atoms with E-state index in [4.69, 9.17) is 23.2 Å². The number of hydrogen-bond acceptors (Lipinski definition) is 3. The molecule has 2 aromatic carbocycles. The van der Waals surface area contributed by atoms with Crippen LogP contribution in [-0.2, 0) is 27.8 Å². The topological polar surface area (TPSA) is 75.3 Å². The van der Waals surface area contributed by atoms with Gasteiger partial charge in [0.2, 0.25) is 15.9 Å². The van der Waals surface area contributed by atoms with Gasteiger partial charge in [0.05, 0.1) is 21.4 Å². The summed E-state index contributed by atoms with van der Waals surface area (Å²) in [6, 6.07) is 11.4. The fourth-order valence-electron chi connectivity index (χ4n) is 2.04. The van der Waals surface area contributed by atoms with Crippen molar-refractivity contribution < 1.29 is 13.2 Å². The van der Waals surface area contributed by atoms with Crippen molar-refractivity contribution in [2.24, 2.45) is 0 Å². The Kier molecular flexibility index (Phi) is 6.23. The highest BCUT2D eigenvalue weighted by Gasteiger charge is 2.12. The minimum absolute atomic E-state index is 0.154. The highest BCUT2D eigenvalue weighted by Crippen LogP contribution is 2.22. The molecule has 0 aromatic heterocycles. The number of hydrogen-bond donors (Lipinski definition) is 2. The Labute approximate surface area is 151 Å². The van der Waals surface area contributed by atoms with E-state index in [0.717, 1.165) is 5.56 Å². The summed E-state index contributed by atoms with van der Waals surface area (Å²) >= 11 is 11.8. The van der Waals surface area contributed by atoms with Gasteiger partial charge in [0.15, 0.2) is 0 Å². The van der Waals surface area contributed by atoms with Crippen LogP contribution in [0.15, 0.2) is 47.4 Å². The van der Waals surface area contributed by atoms with Gasteiger partial charge in [0.1, 0.15) is 0 Å². The molecule has 2 rings (SSSR count). The summed E-state index contributed by atoms with van der Waals surface area (Å²) < 4.78 is 25.8. The highest BCUT2D eigenvalue weighted by molar-refractivity contribution is 7.89. The maximum absolute atomic E-state index is 12.0. The number of carbonyl (C=O) groups excluding carboxylic acids is 1. The predicted octanol–water partition coefficient (Wildman–Crippen LogP) is 2.76. The standard InChI is InChI=1S/C16H16Cl2N2O3S/c1-19-24(22,23)13-4-2-3-12(7-13)10-20-16(21)9-11-5-6-14(17)15(18)8-11/h2-8,19H,9-10H2,1H3,(H,20,21). The third-order valence-electron chi connectivity index (χ3n) is 3.32. The molecule has 0 saturated carbocycles. The maximum atomic E-state index is 12.0. The summed E-state index contributed by atoms with van der Waals surface area (Å²) in [5.41, 5.74) is 1.43. The van der Waals surface area contributed by atoms with Crippen molar-refractivity contribution >= 4 is 39.1 Å². The first kappa shape index (κ1) is 18.7. The van der Waals surface area contributed by atoms with E-state index in [0.29, 0.717) is 15.6 Å². The van der Waals surface area contributed by atoms with Crippen molar-refractivity contribution in [3.8, 4) is 0 Å². The van der Waals surface area contributed by atoms with Crippen molar-refractivity contribution in [1.29, 1.82) is 0 Å². The lowest BCUT2D eigenvalue weighted by molar-refractivity contribution is -0.120. The quantitative estimate of drug-likeness (QED) is 0.801. The molecule has 0 atom stereocenters. The fourth-order valence-corrected chi connectivity index (χ4v) is 3.16. The second-order valence-electron chi connectivity index (χ2n) is 5.06. The largest absolute Gasteiger partial charge is 0.352 e. The van der Waals surface area contributed by atoms with Crippen LogP contribution in [0.1, 0.15) is 11.1 Å². The lowest BCUT2D eigenvalue weighted by Gasteiger charge is -2.08. The zero-order valence-corrected chi connectivity index (χ0v) is 15.2. The number of carbonyl (C=O) groups is 1. The van der Waals surface area contributed by atoms with Crippen molar-refractivity contribution in [2.45, 2.75) is 17.9 Å². The van der Waals surface area contributed by atoms with Gasteiger partial charge in [-0.25, -0.2) is 13.1 Å². The van der Waals surface area contributed by atoms with Crippen molar-refractivity contribution in [2.75, 3.05) is 7.05 Å². The van der Waals surface area contributed by atoms with Gasteiger partial charge in [0.25, 0.3) is 0 Å². The van der Waals surface area contributed by atoms with Gasteiger partial charge in [-0.05, 0) is 42.4 Å². The number of amides is 1. The van der Waals surface area contributed by atoms with Gasteiger partial charge < -0.3 is 5.32 Å². The number of nitrogens with one attached hydrogen (secondary N) is 2. The fraction of sp³-hybridized carbons (Fsp3) is 0.188. The third-order valence-corrected chi connectivity index (χ3v) is 5.47. The van der Waals surface area contributed by atoms with E-state index in [1.807, 2.05) is 0 Å². The van der Waals surface area contributed by atoms with Crippen LogP contribution in [0, 0.1) is 0 Å². The SMILES string of the molecule is CNS(=O)(=O)c1cccc(CNC(=O)Cc2ccc(Cl)c(Cl)c2)c1. The molecule has 0 fully saturated rings. The number of sulfonamides is 1. The number of halogens is 2. The molecule has 24 heavy (non-hydrogen) atoms. The Morgan fingerprint density at radius 2 is 1.79 bits per heavy atom. The number of rotatable bonds is 6. The summed E-state index contributed by atoms with van der Waals surface area (Å²) in [5, 5.41) is 3.58. The maximum Gasteiger partial charge on any atom is 0.240 e. The summed E-state index contributed by atoms with van der Waals surface area (Å²) in [4.78, 5) is 12.2. The zero-order chi connectivity index (χ0) is 17.7. The van der Waals surface area contributed by atoms with Gasteiger partial charge in [-0.1, -0.05) is 41.4 Å². The van der Waals surface area contributed by atoms with Crippen LogP contribution in [0.4, 0.5) is 0 Å². The first-order valence-corrected chi connectivity index (χ1v) is 9.29. The average Bonchev–Trinajstić information content (AvgIpc) is 2.56. The summed E-state index contributed by atoms with van der Waals surface area (Å²) in [5.74, 6) is -0.199. The molecular formula is C16H16Cl2N2O3S. The third kappa shape index (κ3) is 4.95. The molecule has 0 spiro atoms. The Morgan fingerprint density at radius 3 is 2.46 bits per heavy atom. The van der Waals surface area contributed by atoms with Gasteiger partial charge in [0, 0.05) is 6.54 Å². The first-order chi connectivity index (χ1) is 11.3. The molecule has 128 valence electrons. The van der Waals surface area contributed by atoms with Crippen molar-refractivity contribution in [1.82, 2.24) is 10.0 Å². The van der Waals surface area contributed by atoms with Gasteiger partial charge in [-0.2, -0.15) is 0 Å². The van der Waals surface area contributed by atoms with Crippen LogP contribution in [0.25, 0.3) is 0 Å². The van der Waals surface area contributed by atoms with E-state index in [9.17, 15) is 13.2 Å². The van der Waals surface area contributed by atoms with E-state index in [-0.39, 0.29) is 23.8 Å². The van der Waals surface area contributed by atoms with Gasteiger partial charge in [-0.3, -0.25) is 4.79 Å². The smallest absolute Gasteiger partial charge is 0.240 e. The van der Waals surface area contributed by atoms with E-state index in [1.54, 1.807) is 30.3 Å². The minimum Gasteiger partial charge on any atom is -0.352 e. The molecule has 0 bridgehead atoms. The Bertz CT molecular complexity index is 854. The monoisotopic (exact) mass is 386 g/mol. The van der Waals surface area contributed by atoms with E-state index in [1.165, 1.54) is 19.2 Å². The van der Waals surface area contributed by atoms with Crippen LogP contribution < -0.4 is 10.0 Å². The van der Waals surface area contributed by atoms with Crippen molar-refractivity contribution in [3.63, 3.8) is 0 Å². The van der Waals surface area contributed by atoms with Crippen molar-refractivity contribution in [3.05, 3.63) is 63.6 Å². The second kappa shape index (κ2) is 7.98. The summed E-state index contributed by atoms with van der Waals surface area (Å²) in [6.45, 7) is 0.229. The Hall–Kier alpha value is -1.60. The molecule has 0 aliphatic carbocycles. The normalized spacial score (nSPS) is 11.3. The molecule has 1 amide bonds. The highest BCUT2D eigenvalue weighted by atomic mass is 35.5. The molecule has 0 radical (unpaired) electrons. The Morgan fingerprint density at radius 1 is 1.04 bits per heavy atom. The summed E-state index contributed by atoms with van der Waals surface area (Å²) in [7, 11) is -2.16. The molecular weight excluding hydrogens is 371 g/mol. The van der Waals surface area contributed by atoms with Crippen LogP contribution >= 0.6 is 23.2 Å². The molecule has 5 nitrogen and oxygen atoms in total. The average molecular weight is 387 g/mol. The van der Waals surface area contributed by atoms with E-state index in [2.05, 4.69) is 10.0 Å². The van der Waals surface area contributed by atoms with Gasteiger partial charge in [-0.15, -0.1) is 0 Å². The lowest BCUT2D eigenvalue weighted by Crippen LogP contribution is -2.25. The minimum atomic E-state index is -3.51. The molecule has 0 aliphatic rings. The molecule has 2 aromatic rings. The lowest BCUT2D eigenvalue weighted by atomic mass is 10.1. The Balaban J connectivity index is 1.99. The van der Waals surface area contributed by atoms with E-state index < -0.39 is 10.0 Å². The van der Waals surface area contributed by atoms with Crippen LogP contribution in [0.2, 0.25) is 10.0 Å². The summed E-state index contributed by atoms with van der Waals surface area (Å²) in [6.07, 6.45) is 0.158. The zero-order valence-electron chi connectivity index (χ0n) is 12.8. The second-order valence-corrected chi connectivity index (χ2v) is 7.76. The molecule has 0 heterocycles. The molecule has 8 heteroatoms. The number of benzene rings is 2. The first-order valence-electron chi connectivity index (χ1n) is 7.05. The van der Waals surface area contributed by atoms with Crippen LogP contribution in [0.5, 0.6) is 0 Å². The predicted molar refractivity (Wildman–Crippen MR) is 94.7 cm³/mol. The van der Waals surface area contributed by atoms with Crippen LogP contribution in [-0.4, -0.2) is 21.4 Å². The molecule has 0 aliphatic heterocycles. The molecule has 0 unspecified atom stereocenters. The van der Waals surface area contributed by atoms with Crippen LogP contribution in [0.3, 0.4) is 0 Å².